The van der Waals surface area contributed by atoms with Gasteiger partial charge < -0.3 is 10.1 Å². The molecule has 26 heavy (non-hydrogen) atoms. The molecule has 4 heteroatoms. The molecule has 1 saturated heterocycles. The Bertz CT molecular complexity index is 659. The minimum absolute atomic E-state index is 0.298. The Morgan fingerprint density at radius 1 is 1.08 bits per heavy atom. The summed E-state index contributed by atoms with van der Waals surface area (Å²) in [5.74, 6) is 0.880. The predicted molar refractivity (Wildman–Crippen MR) is 107 cm³/mol. The molecule has 1 aromatic heterocycles. The van der Waals surface area contributed by atoms with Gasteiger partial charge >= 0.3 is 0 Å². The zero-order chi connectivity index (χ0) is 17.8. The lowest BCUT2D eigenvalue weighted by Crippen LogP contribution is -2.54. The van der Waals surface area contributed by atoms with Gasteiger partial charge in [0, 0.05) is 56.6 Å². The normalized spacial score (nSPS) is 23.7. The second kappa shape index (κ2) is 8.55. The van der Waals surface area contributed by atoms with Crippen molar-refractivity contribution in [3.05, 3.63) is 36.0 Å². The van der Waals surface area contributed by atoms with Crippen LogP contribution in [0.5, 0.6) is 0 Å². The van der Waals surface area contributed by atoms with Crippen molar-refractivity contribution in [3.63, 3.8) is 0 Å². The average molecular weight is 356 g/mol. The van der Waals surface area contributed by atoms with Gasteiger partial charge in [-0.05, 0) is 42.7 Å². The van der Waals surface area contributed by atoms with Gasteiger partial charge in [-0.1, -0.05) is 37.5 Å². The lowest BCUT2D eigenvalue weighted by Gasteiger charge is -2.43. The number of aliphatic hydroxyl groups excluding tert-OH is 1. The maximum atomic E-state index is 9.56. The van der Waals surface area contributed by atoms with Crippen LogP contribution in [0.3, 0.4) is 0 Å². The molecule has 0 spiro atoms. The Balaban J connectivity index is 1.37. The number of para-hydroxylation sites is 1. The fourth-order valence-corrected chi connectivity index (χ4v) is 4.93. The lowest BCUT2D eigenvalue weighted by atomic mass is 9.88. The third-order valence-electron chi connectivity index (χ3n) is 6.35. The summed E-state index contributed by atoms with van der Waals surface area (Å²) in [5.41, 5.74) is 2.53. The molecule has 1 atom stereocenters. The van der Waals surface area contributed by atoms with Crippen LogP contribution in [-0.4, -0.2) is 58.7 Å². The van der Waals surface area contributed by atoms with Gasteiger partial charge in [0.15, 0.2) is 0 Å². The van der Waals surface area contributed by atoms with Crippen molar-refractivity contribution in [2.75, 3.05) is 32.8 Å². The van der Waals surface area contributed by atoms with Crippen molar-refractivity contribution in [1.29, 1.82) is 0 Å². The Labute approximate surface area is 157 Å². The third-order valence-corrected chi connectivity index (χ3v) is 6.35. The van der Waals surface area contributed by atoms with Gasteiger partial charge in [-0.2, -0.15) is 0 Å². The summed E-state index contributed by atoms with van der Waals surface area (Å²) in [4.78, 5) is 8.79. The summed E-state index contributed by atoms with van der Waals surface area (Å²) in [6.45, 7) is 5.86. The topological polar surface area (TPSA) is 42.5 Å². The monoisotopic (exact) mass is 355 g/mol. The number of hydrogen-bond donors (Lipinski definition) is 2. The summed E-state index contributed by atoms with van der Waals surface area (Å²) in [6.07, 6.45) is 7.96. The third kappa shape index (κ3) is 4.30. The van der Waals surface area contributed by atoms with Crippen LogP contribution in [0.1, 0.15) is 44.2 Å². The first-order valence-electron chi connectivity index (χ1n) is 10.5. The van der Waals surface area contributed by atoms with Gasteiger partial charge in [0.05, 0.1) is 0 Å². The molecule has 0 radical (unpaired) electrons. The fourth-order valence-electron chi connectivity index (χ4n) is 4.93. The molecular formula is C22H33N3O. The van der Waals surface area contributed by atoms with Crippen LogP contribution in [-0.2, 0) is 6.54 Å². The van der Waals surface area contributed by atoms with Gasteiger partial charge in [0.1, 0.15) is 0 Å². The first-order valence-corrected chi connectivity index (χ1v) is 10.5. The van der Waals surface area contributed by atoms with Crippen molar-refractivity contribution < 1.29 is 5.11 Å². The standard InChI is InChI=1S/C22H33N3O/c26-13-10-21-17-24(11-12-25(21)15-18-6-2-1-3-7-18)16-20-14-19-8-4-5-9-22(19)23-20/h4-5,8-9,14,18,21,23,26H,1-3,6-7,10-13,15-17H2/t21-/m0/s1. The Hall–Kier alpha value is -1.36. The molecule has 1 saturated carbocycles. The predicted octanol–water partition coefficient (Wildman–Crippen LogP) is 3.62. The van der Waals surface area contributed by atoms with E-state index in [0.29, 0.717) is 12.6 Å². The van der Waals surface area contributed by atoms with Crippen LogP contribution in [0.25, 0.3) is 10.9 Å². The summed E-state index contributed by atoms with van der Waals surface area (Å²) < 4.78 is 0. The van der Waals surface area contributed by atoms with E-state index in [1.807, 2.05) is 0 Å². The number of nitrogens with one attached hydrogen (secondary N) is 1. The van der Waals surface area contributed by atoms with Crippen LogP contribution in [0.2, 0.25) is 0 Å². The quantitative estimate of drug-likeness (QED) is 0.832. The first kappa shape index (κ1) is 18.0. The molecule has 4 rings (SSSR count). The number of fused-ring (bicyclic) bond motifs is 1. The van der Waals surface area contributed by atoms with Crippen LogP contribution in [0, 0.1) is 5.92 Å². The molecule has 0 amide bonds. The number of H-pyrrole nitrogens is 1. The number of piperazine rings is 1. The summed E-state index contributed by atoms with van der Waals surface area (Å²) in [6, 6.07) is 11.3. The van der Waals surface area contributed by atoms with Crippen molar-refractivity contribution in [3.8, 4) is 0 Å². The highest BCUT2D eigenvalue weighted by Crippen LogP contribution is 2.27. The number of hydrogen-bond acceptors (Lipinski definition) is 3. The Kier molecular flexibility index (Phi) is 5.93. The molecule has 4 nitrogen and oxygen atoms in total. The summed E-state index contributed by atoms with van der Waals surface area (Å²) in [5, 5.41) is 10.9. The van der Waals surface area contributed by atoms with Crippen LogP contribution in [0.4, 0.5) is 0 Å². The van der Waals surface area contributed by atoms with Gasteiger partial charge in [0.25, 0.3) is 0 Å². The van der Waals surface area contributed by atoms with E-state index in [2.05, 4.69) is 45.1 Å². The highest BCUT2D eigenvalue weighted by Gasteiger charge is 2.29. The summed E-state index contributed by atoms with van der Waals surface area (Å²) >= 11 is 0. The van der Waals surface area contributed by atoms with E-state index in [4.69, 9.17) is 0 Å². The molecule has 1 aliphatic carbocycles. The van der Waals surface area contributed by atoms with E-state index in [1.165, 1.54) is 55.2 Å². The molecule has 2 fully saturated rings. The second-order valence-electron chi connectivity index (χ2n) is 8.28. The minimum Gasteiger partial charge on any atom is -0.396 e. The van der Waals surface area contributed by atoms with Crippen molar-refractivity contribution in [2.45, 2.75) is 51.1 Å². The summed E-state index contributed by atoms with van der Waals surface area (Å²) in [7, 11) is 0. The van der Waals surface area contributed by atoms with Crippen LogP contribution < -0.4 is 0 Å². The fraction of sp³-hybridized carbons (Fsp3) is 0.636. The highest BCUT2D eigenvalue weighted by atomic mass is 16.3. The molecule has 1 aromatic carbocycles. The van der Waals surface area contributed by atoms with Gasteiger partial charge in [-0.25, -0.2) is 0 Å². The van der Waals surface area contributed by atoms with E-state index in [-0.39, 0.29) is 0 Å². The van der Waals surface area contributed by atoms with Crippen LogP contribution in [0.15, 0.2) is 30.3 Å². The molecule has 2 aromatic rings. The van der Waals surface area contributed by atoms with E-state index in [1.54, 1.807) is 0 Å². The molecule has 142 valence electrons. The molecule has 0 unspecified atom stereocenters. The van der Waals surface area contributed by atoms with Gasteiger partial charge in [0.2, 0.25) is 0 Å². The van der Waals surface area contributed by atoms with Gasteiger partial charge in [-0.15, -0.1) is 0 Å². The average Bonchev–Trinajstić information content (AvgIpc) is 3.07. The molecule has 1 aliphatic heterocycles. The number of nitrogens with zero attached hydrogens (tertiary/aromatic N) is 2. The minimum atomic E-state index is 0.298. The van der Waals surface area contributed by atoms with Crippen molar-refractivity contribution >= 4 is 10.9 Å². The number of aromatic amines is 1. The molecule has 2 aliphatic rings. The molecular weight excluding hydrogens is 322 g/mol. The van der Waals surface area contributed by atoms with E-state index >= 15 is 0 Å². The smallest absolute Gasteiger partial charge is 0.0456 e. The van der Waals surface area contributed by atoms with E-state index in [9.17, 15) is 5.11 Å². The molecule has 2 heterocycles. The second-order valence-corrected chi connectivity index (χ2v) is 8.28. The largest absolute Gasteiger partial charge is 0.396 e. The zero-order valence-corrected chi connectivity index (χ0v) is 15.9. The number of aromatic nitrogens is 1. The maximum absolute atomic E-state index is 9.56. The van der Waals surface area contributed by atoms with Crippen molar-refractivity contribution in [1.82, 2.24) is 14.8 Å². The molecule has 0 bridgehead atoms. The first-order chi connectivity index (χ1) is 12.8. The Morgan fingerprint density at radius 3 is 2.73 bits per heavy atom. The SMILES string of the molecule is OCC[C@H]1CN(Cc2cc3ccccc3[nH]2)CCN1CC1CCCCC1. The Morgan fingerprint density at radius 2 is 1.92 bits per heavy atom. The van der Waals surface area contributed by atoms with Crippen molar-refractivity contribution in [2.24, 2.45) is 5.92 Å². The van der Waals surface area contributed by atoms with E-state index in [0.717, 1.165) is 38.5 Å². The molecule has 2 N–H and O–H groups in total. The maximum Gasteiger partial charge on any atom is 0.0456 e. The highest BCUT2D eigenvalue weighted by molar-refractivity contribution is 5.80. The number of aliphatic hydroxyl groups is 1. The lowest BCUT2D eigenvalue weighted by molar-refractivity contribution is 0.0396. The number of rotatable bonds is 6. The van der Waals surface area contributed by atoms with Crippen LogP contribution >= 0.6 is 0 Å². The van der Waals surface area contributed by atoms with E-state index < -0.39 is 0 Å². The van der Waals surface area contributed by atoms with Gasteiger partial charge in [-0.3, -0.25) is 9.80 Å². The number of benzene rings is 1. The zero-order valence-electron chi connectivity index (χ0n) is 15.9.